The maximum atomic E-state index is 11.3. The number of aliphatic hydroxyl groups is 1. The van der Waals surface area contributed by atoms with E-state index in [1.165, 1.54) is 5.69 Å². The standard InChI is InChI=1S/C21H23ClN2O4.H2S/c22-16-2-4-17(5-3-16)24-9-7-23(8-10-24)13-18(25)14-27-19-6-1-15-11-21(26)28-20(15)12-19;/h1-6,12,18,25H,7-11,13-14H2;1H2/t18-;/m0./s1. The van der Waals surface area contributed by atoms with E-state index in [0.29, 0.717) is 24.5 Å². The average molecular weight is 437 g/mol. The van der Waals surface area contributed by atoms with Gasteiger partial charge in [0.25, 0.3) is 0 Å². The number of anilines is 1. The quantitative estimate of drug-likeness (QED) is 0.554. The minimum Gasteiger partial charge on any atom is -0.491 e. The van der Waals surface area contributed by atoms with E-state index in [9.17, 15) is 9.90 Å². The van der Waals surface area contributed by atoms with Gasteiger partial charge in [-0.25, -0.2) is 0 Å². The van der Waals surface area contributed by atoms with Crippen LogP contribution in [0.4, 0.5) is 5.69 Å². The van der Waals surface area contributed by atoms with E-state index >= 15 is 0 Å². The normalized spacial score (nSPS) is 17.3. The molecule has 2 aromatic rings. The monoisotopic (exact) mass is 436 g/mol. The number of hydrogen-bond acceptors (Lipinski definition) is 6. The molecule has 0 radical (unpaired) electrons. The molecule has 2 aliphatic heterocycles. The second-order valence-corrected chi connectivity index (χ2v) is 7.59. The molecule has 2 heterocycles. The van der Waals surface area contributed by atoms with Crippen LogP contribution in [-0.4, -0.2) is 61.4 Å². The lowest BCUT2D eigenvalue weighted by Gasteiger charge is -2.36. The predicted octanol–water partition coefficient (Wildman–Crippen LogP) is 2.48. The largest absolute Gasteiger partial charge is 0.491 e. The van der Waals surface area contributed by atoms with E-state index in [-0.39, 0.29) is 26.1 Å². The van der Waals surface area contributed by atoms with Gasteiger partial charge in [-0.2, -0.15) is 13.5 Å². The Labute approximate surface area is 182 Å². The van der Waals surface area contributed by atoms with Crippen LogP contribution >= 0.6 is 25.1 Å². The van der Waals surface area contributed by atoms with Crippen LogP contribution in [0.5, 0.6) is 11.5 Å². The zero-order valence-corrected chi connectivity index (χ0v) is 17.8. The number of ether oxygens (including phenoxy) is 2. The van der Waals surface area contributed by atoms with Crippen molar-refractivity contribution in [1.29, 1.82) is 0 Å². The Morgan fingerprint density at radius 1 is 1.10 bits per heavy atom. The van der Waals surface area contributed by atoms with E-state index in [4.69, 9.17) is 21.1 Å². The lowest BCUT2D eigenvalue weighted by atomic mass is 10.1. The molecule has 2 aromatic carbocycles. The van der Waals surface area contributed by atoms with Gasteiger partial charge in [-0.05, 0) is 30.3 Å². The maximum absolute atomic E-state index is 11.3. The first-order chi connectivity index (χ1) is 13.6. The fourth-order valence-corrected chi connectivity index (χ4v) is 3.69. The van der Waals surface area contributed by atoms with Crippen molar-refractivity contribution in [3.8, 4) is 11.5 Å². The van der Waals surface area contributed by atoms with Crippen LogP contribution in [0.25, 0.3) is 0 Å². The predicted molar refractivity (Wildman–Crippen MR) is 118 cm³/mol. The number of halogens is 1. The molecular weight excluding hydrogens is 412 g/mol. The van der Waals surface area contributed by atoms with Gasteiger partial charge in [0.1, 0.15) is 24.2 Å². The van der Waals surface area contributed by atoms with Crippen LogP contribution < -0.4 is 14.4 Å². The molecular formula is C21H25ClN2O4S. The van der Waals surface area contributed by atoms with Crippen molar-refractivity contribution in [1.82, 2.24) is 4.90 Å². The van der Waals surface area contributed by atoms with Crippen LogP contribution in [0.3, 0.4) is 0 Å². The molecule has 0 spiro atoms. The summed E-state index contributed by atoms with van der Waals surface area (Å²) < 4.78 is 10.8. The molecule has 1 saturated heterocycles. The van der Waals surface area contributed by atoms with Gasteiger partial charge in [0.05, 0.1) is 6.42 Å². The summed E-state index contributed by atoms with van der Waals surface area (Å²) in [6, 6.07) is 13.2. The van der Waals surface area contributed by atoms with Crippen molar-refractivity contribution in [3.63, 3.8) is 0 Å². The smallest absolute Gasteiger partial charge is 0.315 e. The third-order valence-electron chi connectivity index (χ3n) is 5.07. The molecule has 156 valence electrons. The van der Waals surface area contributed by atoms with Crippen molar-refractivity contribution < 1.29 is 19.4 Å². The fraction of sp³-hybridized carbons (Fsp3) is 0.381. The number of rotatable bonds is 6. The molecule has 0 amide bonds. The molecule has 0 saturated carbocycles. The minimum atomic E-state index is -0.585. The highest BCUT2D eigenvalue weighted by atomic mass is 35.5. The summed E-state index contributed by atoms with van der Waals surface area (Å²) in [6.45, 7) is 4.35. The number of fused-ring (bicyclic) bond motifs is 1. The van der Waals surface area contributed by atoms with Crippen LogP contribution in [0, 0.1) is 0 Å². The number of nitrogens with zero attached hydrogens (tertiary/aromatic N) is 2. The fourth-order valence-electron chi connectivity index (χ4n) is 3.56. The van der Waals surface area contributed by atoms with E-state index in [2.05, 4.69) is 9.80 Å². The molecule has 6 nitrogen and oxygen atoms in total. The van der Waals surface area contributed by atoms with Gasteiger partial charge in [0.15, 0.2) is 0 Å². The second kappa shape index (κ2) is 9.71. The molecule has 1 atom stereocenters. The topological polar surface area (TPSA) is 62.2 Å². The number of benzene rings is 2. The Balaban J connectivity index is 0.00000240. The summed E-state index contributed by atoms with van der Waals surface area (Å²) >= 11 is 5.95. The Kier molecular flexibility index (Phi) is 7.29. The first-order valence-corrected chi connectivity index (χ1v) is 9.82. The average Bonchev–Trinajstić information content (AvgIpc) is 3.07. The summed E-state index contributed by atoms with van der Waals surface area (Å²) in [7, 11) is 0. The lowest BCUT2D eigenvalue weighted by Crippen LogP contribution is -2.49. The van der Waals surface area contributed by atoms with Crippen molar-refractivity contribution >= 4 is 36.8 Å². The van der Waals surface area contributed by atoms with E-state index in [0.717, 1.165) is 36.8 Å². The van der Waals surface area contributed by atoms with Gasteiger partial charge >= 0.3 is 5.97 Å². The third kappa shape index (κ3) is 5.57. The Bertz CT molecular complexity index is 841. The van der Waals surface area contributed by atoms with Crippen LogP contribution in [-0.2, 0) is 11.2 Å². The van der Waals surface area contributed by atoms with Crippen molar-refractivity contribution in [2.24, 2.45) is 0 Å². The van der Waals surface area contributed by atoms with Gasteiger partial charge in [0, 0.05) is 55.1 Å². The Morgan fingerprint density at radius 2 is 1.83 bits per heavy atom. The molecule has 29 heavy (non-hydrogen) atoms. The lowest BCUT2D eigenvalue weighted by molar-refractivity contribution is -0.131. The number of carbonyl (C=O) groups is 1. The minimum absolute atomic E-state index is 0. The molecule has 0 unspecified atom stereocenters. The summed E-state index contributed by atoms with van der Waals surface area (Å²) in [5, 5.41) is 11.1. The molecule has 1 fully saturated rings. The summed E-state index contributed by atoms with van der Waals surface area (Å²) in [4.78, 5) is 15.9. The van der Waals surface area contributed by atoms with Gasteiger partial charge < -0.3 is 19.5 Å². The van der Waals surface area contributed by atoms with Crippen molar-refractivity contribution in [2.45, 2.75) is 12.5 Å². The summed E-state index contributed by atoms with van der Waals surface area (Å²) in [6.07, 6.45) is -0.279. The van der Waals surface area contributed by atoms with Gasteiger partial charge in [-0.15, -0.1) is 0 Å². The second-order valence-electron chi connectivity index (χ2n) is 7.15. The number of aliphatic hydroxyl groups excluding tert-OH is 1. The van der Waals surface area contributed by atoms with Gasteiger partial charge in [-0.3, -0.25) is 9.69 Å². The van der Waals surface area contributed by atoms with Crippen LogP contribution in [0.15, 0.2) is 42.5 Å². The SMILES string of the molecule is O=C1Cc2ccc(OC[C@@H](O)CN3CCN(c4ccc(Cl)cc4)CC3)cc2O1.S. The number of carbonyl (C=O) groups excluding carboxylic acids is 1. The highest BCUT2D eigenvalue weighted by Gasteiger charge is 2.22. The van der Waals surface area contributed by atoms with Crippen molar-refractivity contribution in [2.75, 3.05) is 44.2 Å². The highest BCUT2D eigenvalue weighted by Crippen LogP contribution is 2.30. The molecule has 0 bridgehead atoms. The number of piperazine rings is 1. The first kappa shape index (κ1) is 21.8. The molecule has 4 rings (SSSR count). The Hall–Kier alpha value is -1.93. The van der Waals surface area contributed by atoms with E-state index < -0.39 is 6.10 Å². The van der Waals surface area contributed by atoms with Crippen LogP contribution in [0.1, 0.15) is 5.56 Å². The molecule has 0 aliphatic carbocycles. The zero-order valence-electron chi connectivity index (χ0n) is 16.0. The number of hydrogen-bond donors (Lipinski definition) is 1. The molecule has 8 heteroatoms. The van der Waals surface area contributed by atoms with Crippen LogP contribution in [0.2, 0.25) is 5.02 Å². The molecule has 0 aromatic heterocycles. The Morgan fingerprint density at radius 3 is 2.55 bits per heavy atom. The first-order valence-electron chi connectivity index (χ1n) is 9.44. The number of esters is 1. The van der Waals surface area contributed by atoms with Crippen molar-refractivity contribution in [3.05, 3.63) is 53.1 Å². The molecule has 1 N–H and O–H groups in total. The zero-order chi connectivity index (χ0) is 19.5. The maximum Gasteiger partial charge on any atom is 0.315 e. The highest BCUT2D eigenvalue weighted by molar-refractivity contribution is 7.59. The van der Waals surface area contributed by atoms with E-state index in [1.54, 1.807) is 12.1 Å². The van der Waals surface area contributed by atoms with Gasteiger partial charge in [-0.1, -0.05) is 17.7 Å². The molecule has 2 aliphatic rings. The third-order valence-corrected chi connectivity index (χ3v) is 5.32. The number of β-amino-alcohol motifs (C(OH)–C–C–N with tert-alkyl or cyclic N) is 1. The van der Waals surface area contributed by atoms with Gasteiger partial charge in [0.2, 0.25) is 0 Å². The summed E-state index contributed by atoms with van der Waals surface area (Å²) in [5.74, 6) is 0.903. The summed E-state index contributed by atoms with van der Waals surface area (Å²) in [5.41, 5.74) is 2.04. The van der Waals surface area contributed by atoms with E-state index in [1.807, 2.05) is 30.3 Å².